The first kappa shape index (κ1) is 60.4. The molecule has 2 N–H and O–H groups in total. The van der Waals surface area contributed by atoms with Gasteiger partial charge in [0.05, 0.1) is 72.2 Å². The van der Waals surface area contributed by atoms with E-state index in [0.29, 0.717) is 57.8 Å². The van der Waals surface area contributed by atoms with E-state index >= 15 is 26.3 Å². The van der Waals surface area contributed by atoms with Crippen molar-refractivity contribution in [1.29, 1.82) is 0 Å². The molecular formula is C58H44F10N10O8S2. The van der Waals surface area contributed by atoms with E-state index in [0.717, 1.165) is 59.1 Å². The molecule has 88 heavy (non-hydrogen) atoms. The summed E-state index contributed by atoms with van der Waals surface area (Å²) < 4.78 is 173. The summed E-state index contributed by atoms with van der Waals surface area (Å²) >= 11 is 2.10. The molecule has 2 aliphatic carbocycles. The minimum absolute atomic E-state index is 0.0405. The lowest BCUT2D eigenvalue weighted by Gasteiger charge is -2.16. The fourth-order valence-electron chi connectivity index (χ4n) is 9.57. The Labute approximate surface area is 498 Å². The second-order valence-electron chi connectivity index (χ2n) is 20.8. The molecule has 18 nitrogen and oxygen atoms in total. The van der Waals surface area contributed by atoms with Gasteiger partial charge in [0, 0.05) is 59.0 Å². The number of imidazole rings is 2. The second kappa shape index (κ2) is 24.4. The van der Waals surface area contributed by atoms with Gasteiger partial charge in [-0.2, -0.15) is 0 Å². The van der Waals surface area contributed by atoms with Gasteiger partial charge in [-0.1, -0.05) is 32.9 Å². The van der Waals surface area contributed by atoms with Crippen molar-refractivity contribution in [2.24, 2.45) is 10.8 Å². The smallest absolute Gasteiger partial charge is 0.335 e. The summed E-state index contributed by atoms with van der Waals surface area (Å²) in [5.41, 5.74) is -3.07. The van der Waals surface area contributed by atoms with Crippen LogP contribution < -0.4 is 18.9 Å². The number of ether oxygens (including phenoxy) is 4. The maximum Gasteiger partial charge on any atom is 0.335 e. The summed E-state index contributed by atoms with van der Waals surface area (Å²) in [6.45, 7) is -1.54. The molecule has 10 aromatic rings. The number of carboxylic acids is 2. The highest BCUT2D eigenvalue weighted by Gasteiger charge is 2.45. The van der Waals surface area contributed by atoms with Crippen molar-refractivity contribution in [3.05, 3.63) is 163 Å². The highest BCUT2D eigenvalue weighted by Crippen LogP contribution is 2.49. The number of benzene rings is 4. The zero-order chi connectivity index (χ0) is 62.3. The second-order valence-corrected chi connectivity index (χ2v) is 22.8. The number of pyridine rings is 2. The Hall–Kier alpha value is -9.32. The zero-order valence-electron chi connectivity index (χ0n) is 45.8. The van der Waals surface area contributed by atoms with Gasteiger partial charge in [0.2, 0.25) is 0 Å². The van der Waals surface area contributed by atoms with Crippen LogP contribution in [0.4, 0.5) is 43.9 Å². The first-order valence-corrected chi connectivity index (χ1v) is 28.1. The summed E-state index contributed by atoms with van der Waals surface area (Å²) in [7, 11) is 2.80. The number of methoxy groups -OCH3 is 2. The summed E-state index contributed by atoms with van der Waals surface area (Å²) in [4.78, 5) is 39.8. The highest BCUT2D eigenvalue weighted by molar-refractivity contribution is 7.13. The summed E-state index contributed by atoms with van der Waals surface area (Å²) in [5, 5.41) is 35.2. The molecule has 0 aliphatic heterocycles. The lowest BCUT2D eigenvalue weighted by molar-refractivity contribution is 0.0686. The SMILES string of the molecule is COc1nnc(COc2nc(-c3cc(F)c(Cc4nc5ccc(C(=O)O)cc5n4CC4(CF)CC4)c(F)c3F)ccc2F)s1.COc1nnc(COc2nc(-c3cc(F)c(Cc4nc5ccc(C(=O)O)cc5n4CC4(CF)CC4)c(F)c3F)ccc2F)s1. The lowest BCUT2D eigenvalue weighted by atomic mass is 10.0. The van der Waals surface area contributed by atoms with E-state index in [-0.39, 0.29) is 70.9 Å². The van der Waals surface area contributed by atoms with Crippen LogP contribution in [0.3, 0.4) is 0 Å². The number of carboxylic acid groups (broad SMARTS) is 2. The molecule has 0 spiro atoms. The third-order valence-electron chi connectivity index (χ3n) is 14.9. The Balaban J connectivity index is 0.000000182. The van der Waals surface area contributed by atoms with E-state index in [1.807, 2.05) is 0 Å². The predicted molar refractivity (Wildman–Crippen MR) is 295 cm³/mol. The number of rotatable bonds is 22. The highest BCUT2D eigenvalue weighted by atomic mass is 32.1. The Bertz CT molecular complexity index is 4090. The molecule has 0 bridgehead atoms. The van der Waals surface area contributed by atoms with Gasteiger partial charge in [-0.25, -0.2) is 64.6 Å². The quantitative estimate of drug-likeness (QED) is 0.0475. The monoisotopic (exact) mass is 1260 g/mol. The molecule has 456 valence electrons. The molecule has 4 aromatic carbocycles. The van der Waals surface area contributed by atoms with Crippen LogP contribution in [0.1, 0.15) is 79.2 Å². The van der Waals surface area contributed by atoms with Crippen LogP contribution in [0.15, 0.2) is 72.8 Å². The van der Waals surface area contributed by atoms with Gasteiger partial charge < -0.3 is 38.3 Å². The number of hydrogen-bond acceptors (Lipinski definition) is 16. The van der Waals surface area contributed by atoms with Gasteiger partial charge in [0.25, 0.3) is 22.1 Å². The van der Waals surface area contributed by atoms with Crippen LogP contribution in [0.5, 0.6) is 22.1 Å². The molecule has 0 radical (unpaired) electrons. The van der Waals surface area contributed by atoms with Crippen LogP contribution in [-0.2, 0) is 39.1 Å². The molecule has 0 unspecified atom stereocenters. The van der Waals surface area contributed by atoms with E-state index in [2.05, 4.69) is 40.3 Å². The summed E-state index contributed by atoms with van der Waals surface area (Å²) in [6.07, 6.45) is 1.31. The van der Waals surface area contributed by atoms with Crippen LogP contribution >= 0.6 is 22.7 Å². The Kier molecular flexibility index (Phi) is 16.8. The standard InChI is InChI=1S/2C29H22F5N5O4S/c2*1-42-28-38-37-23(44-28)11-43-26-17(31)3-5-19(36-26)16-9-18(32)15(24(33)25(16)34)10-22-35-20-4-2-14(27(40)41)8-21(20)39(22)13-29(12-30)6-7-29/h2*2-5,8-9H,6-7,10-13H2,1H3,(H,40,41). The van der Waals surface area contributed by atoms with Crippen LogP contribution in [-0.4, -0.2) is 99.2 Å². The molecule has 30 heteroatoms. The number of nitrogens with zero attached hydrogens (tertiary/aromatic N) is 10. The lowest BCUT2D eigenvalue weighted by Crippen LogP contribution is -2.17. The van der Waals surface area contributed by atoms with Crippen LogP contribution in [0.25, 0.3) is 44.6 Å². The maximum absolute atomic E-state index is 15.5. The molecule has 6 heterocycles. The third-order valence-corrected chi connectivity index (χ3v) is 16.6. The minimum atomic E-state index is -1.51. The first-order valence-electron chi connectivity index (χ1n) is 26.4. The van der Waals surface area contributed by atoms with E-state index < -0.39 is 130 Å². The van der Waals surface area contributed by atoms with Crippen molar-refractivity contribution in [2.75, 3.05) is 27.6 Å². The number of fused-ring (bicyclic) bond motifs is 2. The predicted octanol–water partition coefficient (Wildman–Crippen LogP) is 12.3. The first-order chi connectivity index (χ1) is 42.2. The molecule has 0 amide bonds. The van der Waals surface area contributed by atoms with Crippen LogP contribution in [0, 0.1) is 57.4 Å². The molecule has 6 aromatic heterocycles. The average Bonchev–Trinajstić information content (AvgIpc) is 2.76. The number of aromatic nitrogens is 10. The molecule has 2 saturated carbocycles. The largest absolute Gasteiger partial charge is 0.478 e. The normalized spacial score (nSPS) is 13.8. The number of alkyl halides is 2. The number of aromatic carboxylic acids is 2. The molecule has 0 atom stereocenters. The molecular weight excluding hydrogens is 1220 g/mol. The minimum Gasteiger partial charge on any atom is -0.478 e. The van der Waals surface area contributed by atoms with Gasteiger partial charge in [-0.05, 0) is 98.5 Å². The maximum atomic E-state index is 15.5. The average molecular weight is 1260 g/mol. The van der Waals surface area contributed by atoms with Crippen molar-refractivity contribution < 1.29 is 82.7 Å². The van der Waals surface area contributed by atoms with Crippen molar-refractivity contribution in [3.63, 3.8) is 0 Å². The van der Waals surface area contributed by atoms with E-state index in [9.17, 15) is 37.4 Å². The number of carbonyl (C=O) groups is 2. The van der Waals surface area contributed by atoms with E-state index in [1.54, 1.807) is 0 Å². The van der Waals surface area contributed by atoms with Gasteiger partial charge in [0.15, 0.2) is 44.9 Å². The van der Waals surface area contributed by atoms with Crippen molar-refractivity contribution in [1.82, 2.24) is 49.5 Å². The number of hydrogen-bond donors (Lipinski definition) is 2. The van der Waals surface area contributed by atoms with E-state index in [4.69, 9.17) is 18.9 Å². The van der Waals surface area contributed by atoms with Crippen molar-refractivity contribution in [3.8, 4) is 44.7 Å². The van der Waals surface area contributed by atoms with Gasteiger partial charge in [0.1, 0.15) is 36.5 Å². The number of halogens is 10. The van der Waals surface area contributed by atoms with Gasteiger partial charge >= 0.3 is 11.9 Å². The fourth-order valence-corrected chi connectivity index (χ4v) is 10.7. The fraction of sp³-hybridized carbons (Fsp3) is 0.276. The van der Waals surface area contributed by atoms with Crippen molar-refractivity contribution in [2.45, 2.75) is 64.8 Å². The molecule has 0 saturated heterocycles. The van der Waals surface area contributed by atoms with Crippen LogP contribution in [0.2, 0.25) is 0 Å². The summed E-state index contributed by atoms with van der Waals surface area (Å²) in [5.74, 6) is -13.2. The third kappa shape index (κ3) is 12.3. The summed E-state index contributed by atoms with van der Waals surface area (Å²) in [6, 6.07) is 13.7. The Morgan fingerprint density at radius 3 is 1.26 bits per heavy atom. The van der Waals surface area contributed by atoms with Crippen molar-refractivity contribution >= 4 is 56.7 Å². The Morgan fingerprint density at radius 1 is 0.523 bits per heavy atom. The molecule has 12 rings (SSSR count). The van der Waals surface area contributed by atoms with Gasteiger partial charge in [-0.15, -0.1) is 10.2 Å². The molecule has 2 aliphatic rings. The molecule has 2 fully saturated rings. The van der Waals surface area contributed by atoms with E-state index in [1.165, 1.54) is 59.8 Å². The Morgan fingerprint density at radius 2 is 0.920 bits per heavy atom. The van der Waals surface area contributed by atoms with Gasteiger partial charge in [-0.3, -0.25) is 8.78 Å². The zero-order valence-corrected chi connectivity index (χ0v) is 47.5. The topological polar surface area (TPSA) is 224 Å².